The lowest BCUT2D eigenvalue weighted by Gasteiger charge is -2.27. The Morgan fingerprint density at radius 3 is 2.46 bits per heavy atom. The third-order valence-corrected chi connectivity index (χ3v) is 5.10. The second-order valence-electron chi connectivity index (χ2n) is 6.50. The molecule has 6 heteroatoms. The third-order valence-electron chi connectivity index (χ3n) is 5.10. The van der Waals surface area contributed by atoms with Gasteiger partial charge in [0.25, 0.3) is 5.91 Å². The van der Waals surface area contributed by atoms with Crippen LogP contribution in [0.4, 0.5) is 5.69 Å². The van der Waals surface area contributed by atoms with Gasteiger partial charge in [0.1, 0.15) is 0 Å². The summed E-state index contributed by atoms with van der Waals surface area (Å²) in [6, 6.07) is 6.89. The summed E-state index contributed by atoms with van der Waals surface area (Å²) in [6.07, 6.45) is 4.98. The molecule has 2 saturated carbocycles. The molecule has 4 atom stereocenters. The van der Waals surface area contributed by atoms with E-state index >= 15 is 0 Å². The first kappa shape index (κ1) is 18.5. The number of hydrogen-bond acceptors (Lipinski definition) is 3. The van der Waals surface area contributed by atoms with Crippen LogP contribution in [0.25, 0.3) is 0 Å². The Morgan fingerprint density at radius 2 is 1.88 bits per heavy atom. The van der Waals surface area contributed by atoms with Gasteiger partial charge in [0.05, 0.1) is 5.92 Å². The van der Waals surface area contributed by atoms with Crippen LogP contribution in [0, 0.1) is 17.8 Å². The molecule has 2 amide bonds. The van der Waals surface area contributed by atoms with Crippen molar-refractivity contribution >= 4 is 29.9 Å². The number of nitrogens with one attached hydrogen (secondary N) is 2. The summed E-state index contributed by atoms with van der Waals surface area (Å²) in [5, 5.41) is 5.66. The van der Waals surface area contributed by atoms with E-state index in [1.54, 1.807) is 30.3 Å². The topological polar surface area (TPSA) is 84.2 Å². The fourth-order valence-corrected chi connectivity index (χ4v) is 3.92. The smallest absolute Gasteiger partial charge is 0.251 e. The van der Waals surface area contributed by atoms with Gasteiger partial charge in [-0.3, -0.25) is 9.59 Å². The first-order chi connectivity index (χ1) is 11.1. The molecule has 2 fully saturated rings. The summed E-state index contributed by atoms with van der Waals surface area (Å²) >= 11 is 0. The van der Waals surface area contributed by atoms with Crippen LogP contribution in [0.1, 0.15) is 29.6 Å². The highest BCUT2D eigenvalue weighted by Crippen LogP contribution is 2.47. The zero-order valence-electron chi connectivity index (χ0n) is 13.5. The Labute approximate surface area is 148 Å². The molecule has 1 aromatic rings. The molecule has 0 heterocycles. The molecule has 1 aromatic carbocycles. The van der Waals surface area contributed by atoms with Crippen molar-refractivity contribution in [1.82, 2.24) is 5.32 Å². The number of benzene rings is 1. The van der Waals surface area contributed by atoms with Gasteiger partial charge in [-0.1, -0.05) is 6.08 Å². The summed E-state index contributed by atoms with van der Waals surface area (Å²) in [7, 11) is 0. The predicted octanol–water partition coefficient (Wildman–Crippen LogP) is 2.34. The van der Waals surface area contributed by atoms with Gasteiger partial charge in [-0.25, -0.2) is 0 Å². The van der Waals surface area contributed by atoms with E-state index in [-0.39, 0.29) is 36.2 Å². The first-order valence-electron chi connectivity index (χ1n) is 8.15. The van der Waals surface area contributed by atoms with Crippen LogP contribution >= 0.6 is 12.4 Å². The average molecular weight is 350 g/mol. The standard InChI is InChI=1S/C18H23N3O2.ClH/c1-2-9-20-17(22)11-5-7-14(8-6-11)21-18(23)15-12-3-4-13(10-12)16(15)19;/h2,5-8,12-13,15-16H,1,3-4,9-10,19H2,(H,20,22)(H,21,23);1H. The van der Waals surface area contributed by atoms with Crippen LogP contribution in [-0.2, 0) is 4.79 Å². The number of nitrogens with two attached hydrogens (primary N) is 1. The second kappa shape index (κ2) is 7.81. The molecule has 2 aliphatic rings. The van der Waals surface area contributed by atoms with E-state index in [9.17, 15) is 9.59 Å². The van der Waals surface area contributed by atoms with Crippen molar-refractivity contribution in [2.75, 3.05) is 11.9 Å². The Balaban J connectivity index is 0.00000208. The molecular formula is C18H24ClN3O2. The van der Waals surface area contributed by atoms with Gasteiger partial charge in [-0.2, -0.15) is 0 Å². The van der Waals surface area contributed by atoms with Crippen molar-refractivity contribution in [2.45, 2.75) is 25.3 Å². The number of carbonyl (C=O) groups is 2. The van der Waals surface area contributed by atoms with Gasteiger partial charge >= 0.3 is 0 Å². The average Bonchev–Trinajstić information content (AvgIpc) is 3.14. The van der Waals surface area contributed by atoms with Crippen molar-refractivity contribution in [3.05, 3.63) is 42.5 Å². The minimum absolute atomic E-state index is 0. The van der Waals surface area contributed by atoms with Gasteiger partial charge in [0.2, 0.25) is 5.91 Å². The summed E-state index contributed by atoms with van der Waals surface area (Å²) < 4.78 is 0. The van der Waals surface area contributed by atoms with E-state index in [0.29, 0.717) is 29.6 Å². The molecule has 0 aliphatic heterocycles. The van der Waals surface area contributed by atoms with Crippen molar-refractivity contribution < 1.29 is 9.59 Å². The maximum Gasteiger partial charge on any atom is 0.251 e. The fraction of sp³-hybridized carbons (Fsp3) is 0.444. The van der Waals surface area contributed by atoms with Crippen LogP contribution in [0.3, 0.4) is 0 Å². The number of anilines is 1. The van der Waals surface area contributed by atoms with Crippen LogP contribution in [0.2, 0.25) is 0 Å². The lowest BCUT2D eigenvalue weighted by molar-refractivity contribution is -0.121. The van der Waals surface area contributed by atoms with E-state index in [1.807, 2.05) is 0 Å². The zero-order valence-corrected chi connectivity index (χ0v) is 14.4. The van der Waals surface area contributed by atoms with E-state index in [1.165, 1.54) is 0 Å². The molecule has 0 radical (unpaired) electrons. The number of rotatable bonds is 5. The fourth-order valence-electron chi connectivity index (χ4n) is 3.92. The monoisotopic (exact) mass is 349 g/mol. The maximum absolute atomic E-state index is 12.5. The first-order valence-corrected chi connectivity index (χ1v) is 8.15. The van der Waals surface area contributed by atoms with Crippen molar-refractivity contribution in [2.24, 2.45) is 23.5 Å². The molecule has 2 bridgehead atoms. The zero-order chi connectivity index (χ0) is 16.4. The summed E-state index contributed by atoms with van der Waals surface area (Å²) in [6.45, 7) is 3.99. The van der Waals surface area contributed by atoms with Gasteiger partial charge in [0.15, 0.2) is 0 Å². The molecule has 4 unspecified atom stereocenters. The Morgan fingerprint density at radius 1 is 1.21 bits per heavy atom. The highest BCUT2D eigenvalue weighted by molar-refractivity contribution is 5.96. The Hall–Kier alpha value is -1.85. The third kappa shape index (κ3) is 3.62. The quantitative estimate of drug-likeness (QED) is 0.713. The molecule has 0 aromatic heterocycles. The molecule has 0 saturated heterocycles. The van der Waals surface area contributed by atoms with Crippen molar-refractivity contribution in [3.8, 4) is 0 Å². The highest BCUT2D eigenvalue weighted by atomic mass is 35.5. The number of carbonyl (C=O) groups excluding carboxylic acids is 2. The summed E-state index contributed by atoms with van der Waals surface area (Å²) in [5.74, 6) is 0.710. The molecular weight excluding hydrogens is 326 g/mol. The minimum Gasteiger partial charge on any atom is -0.349 e. The number of hydrogen-bond donors (Lipinski definition) is 3. The molecule has 0 spiro atoms. The number of amides is 2. The summed E-state index contributed by atoms with van der Waals surface area (Å²) in [4.78, 5) is 24.3. The molecule has 2 aliphatic carbocycles. The van der Waals surface area contributed by atoms with Crippen molar-refractivity contribution in [1.29, 1.82) is 0 Å². The van der Waals surface area contributed by atoms with Gasteiger partial charge < -0.3 is 16.4 Å². The lowest BCUT2D eigenvalue weighted by atomic mass is 9.84. The highest BCUT2D eigenvalue weighted by Gasteiger charge is 2.49. The predicted molar refractivity (Wildman–Crippen MR) is 97.1 cm³/mol. The van der Waals surface area contributed by atoms with Crippen LogP contribution in [-0.4, -0.2) is 24.4 Å². The Kier molecular flexibility index (Phi) is 6.02. The van der Waals surface area contributed by atoms with Crippen LogP contribution in [0.5, 0.6) is 0 Å². The second-order valence-corrected chi connectivity index (χ2v) is 6.50. The van der Waals surface area contributed by atoms with E-state index < -0.39 is 0 Å². The SMILES string of the molecule is C=CCNC(=O)c1ccc(NC(=O)C2C3CCC(C3)C2N)cc1.Cl. The van der Waals surface area contributed by atoms with Gasteiger partial charge in [0, 0.05) is 23.8 Å². The lowest BCUT2D eigenvalue weighted by Crippen LogP contribution is -2.42. The Bertz CT molecular complexity index is 615. The van der Waals surface area contributed by atoms with E-state index in [4.69, 9.17) is 5.73 Å². The molecule has 4 N–H and O–H groups in total. The largest absolute Gasteiger partial charge is 0.349 e. The maximum atomic E-state index is 12.5. The van der Waals surface area contributed by atoms with Crippen molar-refractivity contribution in [3.63, 3.8) is 0 Å². The number of fused-ring (bicyclic) bond motifs is 2. The number of halogens is 1. The molecule has 24 heavy (non-hydrogen) atoms. The van der Waals surface area contributed by atoms with Crippen LogP contribution in [0.15, 0.2) is 36.9 Å². The normalized spacial score (nSPS) is 27.2. The van der Waals surface area contributed by atoms with Gasteiger partial charge in [-0.15, -0.1) is 19.0 Å². The molecule has 130 valence electrons. The van der Waals surface area contributed by atoms with E-state index in [2.05, 4.69) is 17.2 Å². The van der Waals surface area contributed by atoms with E-state index in [0.717, 1.165) is 19.3 Å². The minimum atomic E-state index is -0.155. The summed E-state index contributed by atoms with van der Waals surface area (Å²) in [5.41, 5.74) is 7.46. The molecule has 3 rings (SSSR count). The molecule has 5 nitrogen and oxygen atoms in total. The van der Waals surface area contributed by atoms with Gasteiger partial charge in [-0.05, 0) is 55.4 Å². The van der Waals surface area contributed by atoms with Crippen LogP contribution < -0.4 is 16.4 Å².